The molecule has 0 bridgehead atoms. The molecule has 0 radical (unpaired) electrons. The first-order valence-corrected chi connectivity index (χ1v) is 5.81. The van der Waals surface area contributed by atoms with Gasteiger partial charge < -0.3 is 19.9 Å². The maximum atomic E-state index is 11.9. The number of anilines is 1. The molecule has 1 rings (SSSR count). The van der Waals surface area contributed by atoms with E-state index in [1.165, 1.54) is 20.1 Å². The molecule has 0 amide bonds. The monoisotopic (exact) mass is 267 g/mol. The third-order valence-electron chi connectivity index (χ3n) is 2.37. The van der Waals surface area contributed by atoms with Gasteiger partial charge in [0.15, 0.2) is 11.9 Å². The van der Waals surface area contributed by atoms with Crippen LogP contribution in [0.3, 0.4) is 0 Å². The van der Waals surface area contributed by atoms with Crippen LogP contribution in [0.1, 0.15) is 24.2 Å². The zero-order valence-electron chi connectivity index (χ0n) is 11.1. The Morgan fingerprint density at radius 2 is 2.05 bits per heavy atom. The smallest absolute Gasteiger partial charge is 0.347 e. The number of hydrogen-bond acceptors (Lipinski definition) is 6. The van der Waals surface area contributed by atoms with Crippen molar-refractivity contribution in [3.63, 3.8) is 0 Å². The molecule has 0 spiro atoms. The molecule has 19 heavy (non-hydrogen) atoms. The summed E-state index contributed by atoms with van der Waals surface area (Å²) in [6.07, 6.45) is -0.987. The molecule has 1 atom stereocenters. The Balaban J connectivity index is 2.84. The van der Waals surface area contributed by atoms with Gasteiger partial charge in [0.1, 0.15) is 5.56 Å². The van der Waals surface area contributed by atoms with Crippen molar-refractivity contribution in [1.82, 2.24) is 0 Å². The van der Waals surface area contributed by atoms with E-state index in [1.54, 1.807) is 19.1 Å². The molecule has 0 aliphatic carbocycles. The van der Waals surface area contributed by atoms with Gasteiger partial charge >= 0.3 is 11.9 Å². The number of carbonyl (C=O) groups is 2. The second kappa shape index (κ2) is 6.63. The molecule has 1 aromatic carbocycles. The molecule has 1 unspecified atom stereocenters. The van der Waals surface area contributed by atoms with Crippen molar-refractivity contribution in [2.45, 2.75) is 20.0 Å². The number of benzene rings is 1. The highest BCUT2D eigenvalue weighted by molar-refractivity contribution is 5.95. The molecule has 0 saturated carbocycles. The molecule has 0 aliphatic rings. The highest BCUT2D eigenvalue weighted by Gasteiger charge is 2.22. The van der Waals surface area contributed by atoms with Crippen LogP contribution in [0.5, 0.6) is 5.75 Å². The van der Waals surface area contributed by atoms with Gasteiger partial charge in [-0.05, 0) is 26.0 Å². The number of hydrogen-bond donors (Lipinski definition) is 1. The highest BCUT2D eigenvalue weighted by atomic mass is 16.6. The van der Waals surface area contributed by atoms with Crippen LogP contribution in [0.25, 0.3) is 0 Å². The number of para-hydroxylation sites is 1. The van der Waals surface area contributed by atoms with Crippen LogP contribution in [0.4, 0.5) is 5.69 Å². The standard InChI is InChI=1S/C13H17NO5/c1-4-18-12(15)8(2)19-13(16)9-6-5-7-10(14)11(9)17-3/h5-8H,4,14H2,1-3H3. The summed E-state index contributed by atoms with van der Waals surface area (Å²) in [7, 11) is 1.40. The van der Waals surface area contributed by atoms with Gasteiger partial charge in [-0.25, -0.2) is 9.59 Å². The highest BCUT2D eigenvalue weighted by Crippen LogP contribution is 2.26. The molecule has 6 nitrogen and oxygen atoms in total. The summed E-state index contributed by atoms with van der Waals surface area (Å²) in [5.41, 5.74) is 6.17. The summed E-state index contributed by atoms with van der Waals surface area (Å²) in [5, 5.41) is 0. The van der Waals surface area contributed by atoms with Gasteiger partial charge in [-0.2, -0.15) is 0 Å². The van der Waals surface area contributed by atoms with Crippen LogP contribution in [-0.2, 0) is 14.3 Å². The number of ether oxygens (including phenoxy) is 3. The molecule has 0 aliphatic heterocycles. The lowest BCUT2D eigenvalue weighted by molar-refractivity contribution is -0.152. The first-order valence-electron chi connectivity index (χ1n) is 5.81. The van der Waals surface area contributed by atoms with Gasteiger partial charge in [0.05, 0.1) is 19.4 Å². The molecule has 104 valence electrons. The van der Waals surface area contributed by atoms with Gasteiger partial charge in [-0.1, -0.05) is 6.07 Å². The van der Waals surface area contributed by atoms with E-state index in [1.807, 2.05) is 0 Å². The van der Waals surface area contributed by atoms with Crippen molar-refractivity contribution in [1.29, 1.82) is 0 Å². The summed E-state index contributed by atoms with van der Waals surface area (Å²) in [6.45, 7) is 3.34. The zero-order chi connectivity index (χ0) is 14.4. The quantitative estimate of drug-likeness (QED) is 0.640. The number of rotatable bonds is 5. The Bertz CT molecular complexity index is 472. The van der Waals surface area contributed by atoms with Crippen LogP contribution in [0.2, 0.25) is 0 Å². The van der Waals surface area contributed by atoms with E-state index >= 15 is 0 Å². The molecule has 0 fully saturated rings. The van der Waals surface area contributed by atoms with Crippen LogP contribution in [-0.4, -0.2) is 31.8 Å². The van der Waals surface area contributed by atoms with E-state index in [2.05, 4.69) is 0 Å². The Hall–Kier alpha value is -2.24. The molecule has 2 N–H and O–H groups in total. The second-order valence-corrected chi connectivity index (χ2v) is 3.73. The summed E-state index contributed by atoms with van der Waals surface area (Å²) in [5.74, 6) is -1.06. The molecule has 0 aromatic heterocycles. The lowest BCUT2D eigenvalue weighted by atomic mass is 10.1. The van der Waals surface area contributed by atoms with Gasteiger partial charge in [0.25, 0.3) is 0 Å². The summed E-state index contributed by atoms with van der Waals surface area (Å²) in [6, 6.07) is 4.71. The fraction of sp³-hybridized carbons (Fsp3) is 0.385. The lowest BCUT2D eigenvalue weighted by Gasteiger charge is -2.14. The average molecular weight is 267 g/mol. The number of methoxy groups -OCH3 is 1. The van der Waals surface area contributed by atoms with E-state index in [4.69, 9.17) is 19.9 Å². The zero-order valence-corrected chi connectivity index (χ0v) is 11.1. The van der Waals surface area contributed by atoms with Crippen molar-refractivity contribution in [3.05, 3.63) is 23.8 Å². The summed E-state index contributed by atoms with van der Waals surface area (Å²) in [4.78, 5) is 23.3. The number of carbonyl (C=O) groups excluding carboxylic acids is 2. The third-order valence-corrected chi connectivity index (χ3v) is 2.37. The van der Waals surface area contributed by atoms with Crippen LogP contribution >= 0.6 is 0 Å². The lowest BCUT2D eigenvalue weighted by Crippen LogP contribution is -2.26. The van der Waals surface area contributed by atoms with Crippen LogP contribution < -0.4 is 10.5 Å². The predicted molar refractivity (Wildman–Crippen MR) is 68.9 cm³/mol. The Morgan fingerprint density at radius 1 is 1.37 bits per heavy atom. The van der Waals surface area contributed by atoms with Gasteiger partial charge in [0, 0.05) is 0 Å². The fourth-order valence-electron chi connectivity index (χ4n) is 1.48. The molecule has 0 saturated heterocycles. The van der Waals surface area contributed by atoms with Gasteiger partial charge in [-0.15, -0.1) is 0 Å². The summed E-state index contributed by atoms with van der Waals surface area (Å²) < 4.78 is 14.8. The van der Waals surface area contributed by atoms with E-state index in [0.29, 0.717) is 5.69 Å². The van der Waals surface area contributed by atoms with Gasteiger partial charge in [0.2, 0.25) is 0 Å². The van der Waals surface area contributed by atoms with E-state index < -0.39 is 18.0 Å². The molecule has 6 heteroatoms. The molecule has 1 aromatic rings. The normalized spacial score (nSPS) is 11.5. The van der Waals surface area contributed by atoms with Crippen molar-refractivity contribution < 1.29 is 23.8 Å². The van der Waals surface area contributed by atoms with Crippen LogP contribution in [0.15, 0.2) is 18.2 Å². The topological polar surface area (TPSA) is 87.9 Å². The first kappa shape index (κ1) is 14.8. The minimum Gasteiger partial charge on any atom is -0.494 e. The Kier molecular flexibility index (Phi) is 5.17. The second-order valence-electron chi connectivity index (χ2n) is 3.73. The minimum atomic E-state index is -0.987. The Labute approximate surface area is 111 Å². The van der Waals surface area contributed by atoms with Crippen molar-refractivity contribution in [2.75, 3.05) is 19.5 Å². The van der Waals surface area contributed by atoms with Crippen molar-refractivity contribution in [2.24, 2.45) is 0 Å². The number of nitrogen functional groups attached to an aromatic ring is 1. The predicted octanol–water partition coefficient (Wildman–Crippen LogP) is 1.39. The van der Waals surface area contributed by atoms with Crippen LogP contribution in [0, 0.1) is 0 Å². The molecule has 0 heterocycles. The Morgan fingerprint density at radius 3 is 2.63 bits per heavy atom. The van der Waals surface area contributed by atoms with E-state index in [-0.39, 0.29) is 17.9 Å². The summed E-state index contributed by atoms with van der Waals surface area (Å²) >= 11 is 0. The molecular weight excluding hydrogens is 250 g/mol. The van der Waals surface area contributed by atoms with Gasteiger partial charge in [-0.3, -0.25) is 0 Å². The van der Waals surface area contributed by atoms with Crippen molar-refractivity contribution in [3.8, 4) is 5.75 Å². The van der Waals surface area contributed by atoms with Crippen molar-refractivity contribution >= 4 is 17.6 Å². The third kappa shape index (κ3) is 3.61. The van der Waals surface area contributed by atoms with E-state index in [0.717, 1.165) is 0 Å². The largest absolute Gasteiger partial charge is 0.494 e. The number of nitrogens with two attached hydrogens (primary N) is 1. The maximum Gasteiger partial charge on any atom is 0.347 e. The molecular formula is C13H17NO5. The minimum absolute atomic E-state index is 0.165. The number of esters is 2. The fourth-order valence-corrected chi connectivity index (χ4v) is 1.48. The first-order chi connectivity index (χ1) is 9.01. The van der Waals surface area contributed by atoms with E-state index in [9.17, 15) is 9.59 Å². The SMILES string of the molecule is CCOC(=O)C(C)OC(=O)c1cccc(N)c1OC. The average Bonchev–Trinajstić information content (AvgIpc) is 2.38. The maximum absolute atomic E-state index is 11.9.